The summed E-state index contributed by atoms with van der Waals surface area (Å²) in [7, 11) is 0. The minimum atomic E-state index is -0.819. The van der Waals surface area contributed by atoms with E-state index in [-0.39, 0.29) is 18.4 Å². The van der Waals surface area contributed by atoms with Crippen LogP contribution in [0.4, 0.5) is 5.69 Å². The second kappa shape index (κ2) is 9.77. The largest absolute Gasteiger partial charge is 0.349 e. The maximum atomic E-state index is 13.9. The lowest BCUT2D eigenvalue weighted by Gasteiger charge is -2.33. The highest BCUT2D eigenvalue weighted by Crippen LogP contribution is 2.31. The average molecular weight is 476 g/mol. The van der Waals surface area contributed by atoms with E-state index in [4.69, 9.17) is 0 Å². The van der Waals surface area contributed by atoms with Crippen LogP contribution in [-0.2, 0) is 22.6 Å². The first-order chi connectivity index (χ1) is 16.3. The Balaban J connectivity index is 1.78. The van der Waals surface area contributed by atoms with Crippen molar-refractivity contribution < 1.29 is 9.59 Å². The van der Waals surface area contributed by atoms with Gasteiger partial charge in [0.25, 0.3) is 0 Å². The SMILES string of the molecule is CCc1ccc(N(C(=O)Cn2nnc3ccccc32)C(C(=O)NC(C)(C)C)c2ccsc2)cc1. The van der Waals surface area contributed by atoms with Gasteiger partial charge in [0.2, 0.25) is 11.8 Å². The number of amides is 2. The molecule has 0 bridgehead atoms. The monoisotopic (exact) mass is 475 g/mol. The molecule has 2 heterocycles. The fourth-order valence-corrected chi connectivity index (χ4v) is 4.53. The van der Waals surface area contributed by atoms with Crippen molar-refractivity contribution in [3.05, 3.63) is 76.5 Å². The van der Waals surface area contributed by atoms with Gasteiger partial charge in [0.15, 0.2) is 0 Å². The molecule has 1 N–H and O–H groups in total. The molecule has 1 unspecified atom stereocenters. The summed E-state index contributed by atoms with van der Waals surface area (Å²) in [5, 5.41) is 15.2. The number of thiophene rings is 1. The topological polar surface area (TPSA) is 80.1 Å². The van der Waals surface area contributed by atoms with Gasteiger partial charge in [0.1, 0.15) is 18.1 Å². The Morgan fingerprint density at radius 1 is 1.09 bits per heavy atom. The van der Waals surface area contributed by atoms with E-state index in [9.17, 15) is 9.59 Å². The molecule has 0 saturated carbocycles. The van der Waals surface area contributed by atoms with Crippen molar-refractivity contribution in [3.63, 3.8) is 0 Å². The predicted octanol–water partition coefficient (Wildman–Crippen LogP) is 4.74. The molecule has 0 radical (unpaired) electrons. The normalized spacial score (nSPS) is 12.5. The highest BCUT2D eigenvalue weighted by molar-refractivity contribution is 7.08. The number of nitrogens with one attached hydrogen (secondary N) is 1. The number of aromatic nitrogens is 3. The molecule has 0 saturated heterocycles. The van der Waals surface area contributed by atoms with Gasteiger partial charge >= 0.3 is 0 Å². The van der Waals surface area contributed by atoms with Crippen molar-refractivity contribution in [3.8, 4) is 0 Å². The van der Waals surface area contributed by atoms with Crippen molar-refractivity contribution in [2.75, 3.05) is 4.90 Å². The highest BCUT2D eigenvalue weighted by Gasteiger charge is 2.35. The van der Waals surface area contributed by atoms with Gasteiger partial charge in [-0.2, -0.15) is 11.3 Å². The van der Waals surface area contributed by atoms with E-state index in [0.717, 1.165) is 23.1 Å². The summed E-state index contributed by atoms with van der Waals surface area (Å²) >= 11 is 1.50. The summed E-state index contributed by atoms with van der Waals surface area (Å²) in [6.45, 7) is 7.83. The number of para-hydroxylation sites is 1. The molecule has 4 rings (SSSR count). The molecule has 34 heavy (non-hydrogen) atoms. The first-order valence-electron chi connectivity index (χ1n) is 11.3. The third-order valence-electron chi connectivity index (χ3n) is 5.46. The second-order valence-corrected chi connectivity index (χ2v) is 10.00. The number of rotatable bonds is 7. The zero-order chi connectivity index (χ0) is 24.3. The first kappa shape index (κ1) is 23.6. The minimum absolute atomic E-state index is 0.0422. The molecule has 2 aromatic carbocycles. The Bertz CT molecular complexity index is 1270. The smallest absolute Gasteiger partial charge is 0.249 e. The van der Waals surface area contributed by atoms with Crippen LogP contribution in [0, 0.1) is 0 Å². The molecule has 176 valence electrons. The summed E-state index contributed by atoms with van der Waals surface area (Å²) in [6.07, 6.45) is 0.887. The Labute approximate surface area is 203 Å². The minimum Gasteiger partial charge on any atom is -0.349 e. The quantitative estimate of drug-likeness (QED) is 0.419. The van der Waals surface area contributed by atoms with Gasteiger partial charge < -0.3 is 5.32 Å². The molecule has 8 heteroatoms. The number of hydrogen-bond acceptors (Lipinski definition) is 5. The van der Waals surface area contributed by atoms with Gasteiger partial charge in [-0.3, -0.25) is 14.5 Å². The van der Waals surface area contributed by atoms with Crippen LogP contribution in [0.5, 0.6) is 0 Å². The summed E-state index contributed by atoms with van der Waals surface area (Å²) < 4.78 is 1.58. The lowest BCUT2D eigenvalue weighted by atomic mass is 10.0. The number of carbonyl (C=O) groups excluding carboxylic acids is 2. The molecule has 2 aromatic heterocycles. The van der Waals surface area contributed by atoms with Gasteiger partial charge in [-0.05, 0) is 79.4 Å². The van der Waals surface area contributed by atoms with Gasteiger partial charge in [-0.25, -0.2) is 4.68 Å². The second-order valence-electron chi connectivity index (χ2n) is 9.22. The number of benzene rings is 2. The molecular formula is C26H29N5O2S. The lowest BCUT2D eigenvalue weighted by molar-refractivity contribution is -0.128. The zero-order valence-corrected chi connectivity index (χ0v) is 20.7. The molecule has 7 nitrogen and oxygen atoms in total. The average Bonchev–Trinajstić information content (AvgIpc) is 3.47. The van der Waals surface area contributed by atoms with E-state index in [1.54, 1.807) is 9.58 Å². The van der Waals surface area contributed by atoms with Crippen LogP contribution in [0.15, 0.2) is 65.4 Å². The molecule has 0 fully saturated rings. The maximum absolute atomic E-state index is 13.9. The van der Waals surface area contributed by atoms with Crippen LogP contribution in [0.25, 0.3) is 11.0 Å². The van der Waals surface area contributed by atoms with Crippen LogP contribution >= 0.6 is 11.3 Å². The van der Waals surface area contributed by atoms with Crippen LogP contribution in [0.2, 0.25) is 0 Å². The molecular weight excluding hydrogens is 446 g/mol. The Morgan fingerprint density at radius 3 is 2.47 bits per heavy atom. The van der Waals surface area contributed by atoms with Crippen LogP contribution in [0.3, 0.4) is 0 Å². The number of fused-ring (bicyclic) bond motifs is 1. The molecule has 0 aliphatic heterocycles. The van der Waals surface area contributed by atoms with Crippen LogP contribution in [0.1, 0.15) is 44.9 Å². The molecule has 0 aliphatic carbocycles. The van der Waals surface area contributed by atoms with Gasteiger partial charge in [-0.15, -0.1) is 5.10 Å². The fraction of sp³-hybridized carbons (Fsp3) is 0.308. The molecule has 0 aliphatic rings. The van der Waals surface area contributed by atoms with E-state index in [2.05, 4.69) is 22.6 Å². The van der Waals surface area contributed by atoms with Crippen LogP contribution in [-0.4, -0.2) is 32.3 Å². The molecule has 0 spiro atoms. The zero-order valence-electron chi connectivity index (χ0n) is 19.9. The van der Waals surface area contributed by atoms with E-state index >= 15 is 0 Å². The maximum Gasteiger partial charge on any atom is 0.249 e. The van der Waals surface area contributed by atoms with Crippen molar-refractivity contribution in [2.24, 2.45) is 0 Å². The van der Waals surface area contributed by atoms with E-state index < -0.39 is 11.6 Å². The van der Waals surface area contributed by atoms with Gasteiger partial charge in [0.05, 0.1) is 5.52 Å². The Kier molecular flexibility index (Phi) is 6.79. The molecule has 4 aromatic rings. The van der Waals surface area contributed by atoms with Crippen molar-refractivity contribution >= 4 is 39.9 Å². The van der Waals surface area contributed by atoms with Crippen LogP contribution < -0.4 is 10.2 Å². The van der Waals surface area contributed by atoms with Crippen molar-refractivity contribution in [1.29, 1.82) is 0 Å². The standard InChI is InChI=1S/C26H29N5O2S/c1-5-18-10-12-20(13-11-18)31(23(32)16-30-22-9-7-6-8-21(22)28-29-30)24(19-14-15-34-17-19)25(33)27-26(2,3)4/h6-15,17,24H,5,16H2,1-4H3,(H,27,33). The number of aryl methyl sites for hydroxylation is 1. The van der Waals surface area contributed by atoms with Gasteiger partial charge in [-0.1, -0.05) is 36.4 Å². The van der Waals surface area contributed by atoms with Crippen molar-refractivity contribution in [1.82, 2.24) is 20.3 Å². The third kappa shape index (κ3) is 5.17. The summed E-state index contributed by atoms with van der Waals surface area (Å²) in [4.78, 5) is 29.0. The summed E-state index contributed by atoms with van der Waals surface area (Å²) in [5.74, 6) is -0.484. The lowest BCUT2D eigenvalue weighted by Crippen LogP contribution is -2.50. The predicted molar refractivity (Wildman–Crippen MR) is 136 cm³/mol. The fourth-order valence-electron chi connectivity index (χ4n) is 3.85. The Hall–Kier alpha value is -3.52. The van der Waals surface area contributed by atoms with E-state index in [1.807, 2.05) is 86.1 Å². The third-order valence-corrected chi connectivity index (χ3v) is 6.16. The van der Waals surface area contributed by atoms with E-state index in [1.165, 1.54) is 11.3 Å². The summed E-state index contributed by atoms with van der Waals surface area (Å²) in [6, 6.07) is 16.4. The summed E-state index contributed by atoms with van der Waals surface area (Å²) in [5.41, 5.74) is 3.62. The molecule has 2 amide bonds. The number of hydrogen-bond donors (Lipinski definition) is 1. The first-order valence-corrected chi connectivity index (χ1v) is 12.2. The number of anilines is 1. The highest BCUT2D eigenvalue weighted by atomic mass is 32.1. The number of nitrogens with zero attached hydrogens (tertiary/aromatic N) is 4. The van der Waals surface area contributed by atoms with Gasteiger partial charge in [0, 0.05) is 11.2 Å². The molecule has 1 atom stereocenters. The number of carbonyl (C=O) groups is 2. The van der Waals surface area contributed by atoms with E-state index in [0.29, 0.717) is 11.2 Å². The van der Waals surface area contributed by atoms with Crippen molar-refractivity contribution in [2.45, 2.75) is 52.2 Å². The Morgan fingerprint density at radius 2 is 1.82 bits per heavy atom.